The van der Waals surface area contributed by atoms with Crippen LogP contribution in [0.4, 0.5) is 13.2 Å². The second-order valence-electron chi connectivity index (χ2n) is 2.29. The monoisotopic (exact) mass is 137 g/mol. The predicted molar refractivity (Wildman–Crippen MR) is 28.2 cm³/mol. The van der Waals surface area contributed by atoms with Gasteiger partial charge in [0.1, 0.15) is 18.5 Å². The van der Waals surface area contributed by atoms with Crippen molar-refractivity contribution in [2.45, 2.75) is 31.4 Å². The molecule has 0 spiro atoms. The van der Waals surface area contributed by atoms with E-state index in [1.807, 2.05) is 0 Å². The first kappa shape index (κ1) is 6.90. The molecule has 0 N–H and O–H groups in total. The van der Waals surface area contributed by atoms with Gasteiger partial charge in [-0.2, -0.15) is 0 Å². The zero-order valence-electron chi connectivity index (χ0n) is 4.86. The van der Waals surface area contributed by atoms with Crippen molar-refractivity contribution in [2.24, 2.45) is 0 Å². The third-order valence-electron chi connectivity index (χ3n) is 1.38. The Kier molecular flexibility index (Phi) is 1.98. The highest BCUT2D eigenvalue weighted by atomic mass is 19.2. The van der Waals surface area contributed by atoms with Crippen LogP contribution in [0.5, 0.6) is 0 Å². The van der Waals surface area contributed by atoms with Gasteiger partial charge in [0.25, 0.3) is 0 Å². The maximum absolute atomic E-state index is 12.2. The second kappa shape index (κ2) is 2.58. The minimum atomic E-state index is -1.39. The van der Waals surface area contributed by atoms with Gasteiger partial charge in [-0.1, -0.05) is 0 Å². The van der Waals surface area contributed by atoms with E-state index in [0.29, 0.717) is 0 Å². The fourth-order valence-electron chi connectivity index (χ4n) is 0.969. The number of rotatable bonds is 0. The van der Waals surface area contributed by atoms with Crippen LogP contribution >= 0.6 is 0 Å². The highest BCUT2D eigenvalue weighted by Gasteiger charge is 2.28. The van der Waals surface area contributed by atoms with E-state index < -0.39 is 18.5 Å². The Labute approximate surface area is 52.1 Å². The molecule has 2 unspecified atom stereocenters. The summed E-state index contributed by atoms with van der Waals surface area (Å²) in [6.45, 7) is 0. The second-order valence-corrected chi connectivity index (χ2v) is 2.29. The lowest BCUT2D eigenvalue weighted by Gasteiger charge is -2.20. The van der Waals surface area contributed by atoms with Gasteiger partial charge >= 0.3 is 0 Å². The number of hydrogen-bond acceptors (Lipinski definition) is 0. The molecule has 0 aromatic carbocycles. The molecular weight excluding hydrogens is 129 g/mol. The maximum atomic E-state index is 12.2. The summed E-state index contributed by atoms with van der Waals surface area (Å²) in [5.41, 5.74) is 0. The minimum Gasteiger partial charge on any atom is -0.247 e. The summed E-state index contributed by atoms with van der Waals surface area (Å²) in [6, 6.07) is 0. The molecule has 1 aliphatic carbocycles. The maximum Gasteiger partial charge on any atom is 0.109 e. The Balaban J connectivity index is 2.34. The fourth-order valence-corrected chi connectivity index (χ4v) is 0.969. The van der Waals surface area contributed by atoms with Crippen LogP contribution in [0.3, 0.4) is 0 Å². The van der Waals surface area contributed by atoms with Crippen LogP contribution in [0.15, 0.2) is 0 Å². The van der Waals surface area contributed by atoms with Gasteiger partial charge in [0.15, 0.2) is 0 Å². The zero-order chi connectivity index (χ0) is 6.85. The van der Waals surface area contributed by atoms with Crippen molar-refractivity contribution in [3.8, 4) is 0 Å². The average Bonchev–Trinajstić information content (AvgIpc) is 1.59. The predicted octanol–water partition coefficient (Wildman–Crippen LogP) is 2.00. The van der Waals surface area contributed by atoms with Crippen molar-refractivity contribution in [2.75, 3.05) is 0 Å². The van der Waals surface area contributed by atoms with Crippen molar-refractivity contribution in [3.63, 3.8) is 0 Å². The fraction of sp³-hybridized carbons (Fsp3) is 0.833. The highest BCUT2D eigenvalue weighted by molar-refractivity contribution is 4.92. The van der Waals surface area contributed by atoms with Crippen LogP contribution in [0.25, 0.3) is 0 Å². The molecule has 0 heterocycles. The Morgan fingerprint density at radius 2 is 1.44 bits per heavy atom. The summed E-state index contributed by atoms with van der Waals surface area (Å²) in [5.74, 6) is 0. The molecule has 1 saturated carbocycles. The molecule has 0 bridgehead atoms. The van der Waals surface area contributed by atoms with Crippen LogP contribution in [-0.4, -0.2) is 18.5 Å². The SMILES string of the molecule is FC1[CH]C(F)CC(F)C1. The Hall–Kier alpha value is -0.210. The Morgan fingerprint density at radius 3 is 1.78 bits per heavy atom. The van der Waals surface area contributed by atoms with E-state index in [1.165, 1.54) is 0 Å². The van der Waals surface area contributed by atoms with Crippen LogP contribution in [0.2, 0.25) is 0 Å². The van der Waals surface area contributed by atoms with Gasteiger partial charge in [-0.3, -0.25) is 0 Å². The molecule has 0 aliphatic heterocycles. The molecule has 2 atom stereocenters. The summed E-state index contributed by atoms with van der Waals surface area (Å²) in [7, 11) is 0. The molecule has 1 rings (SSSR count). The first-order valence-corrected chi connectivity index (χ1v) is 2.95. The topological polar surface area (TPSA) is 0 Å². The van der Waals surface area contributed by atoms with E-state index in [0.717, 1.165) is 6.42 Å². The third kappa shape index (κ3) is 1.88. The number of alkyl halides is 3. The number of hydrogen-bond donors (Lipinski definition) is 0. The first-order valence-electron chi connectivity index (χ1n) is 2.95. The van der Waals surface area contributed by atoms with Gasteiger partial charge in [-0.15, -0.1) is 0 Å². The largest absolute Gasteiger partial charge is 0.247 e. The van der Waals surface area contributed by atoms with Gasteiger partial charge in [0.05, 0.1) is 0 Å². The smallest absolute Gasteiger partial charge is 0.109 e. The van der Waals surface area contributed by atoms with Crippen LogP contribution in [0.1, 0.15) is 12.8 Å². The van der Waals surface area contributed by atoms with E-state index in [4.69, 9.17) is 0 Å². The van der Waals surface area contributed by atoms with Gasteiger partial charge in [0, 0.05) is 19.3 Å². The van der Waals surface area contributed by atoms with Gasteiger partial charge in [-0.05, 0) is 0 Å². The van der Waals surface area contributed by atoms with Crippen LogP contribution in [-0.2, 0) is 0 Å². The van der Waals surface area contributed by atoms with Crippen molar-refractivity contribution >= 4 is 0 Å². The quantitative estimate of drug-likeness (QED) is 0.479. The molecule has 1 fully saturated rings. The van der Waals surface area contributed by atoms with Crippen LogP contribution in [0, 0.1) is 6.42 Å². The molecule has 0 aromatic heterocycles. The van der Waals surface area contributed by atoms with E-state index >= 15 is 0 Å². The van der Waals surface area contributed by atoms with Gasteiger partial charge in [0.2, 0.25) is 0 Å². The van der Waals surface area contributed by atoms with E-state index in [9.17, 15) is 13.2 Å². The third-order valence-corrected chi connectivity index (χ3v) is 1.38. The molecule has 9 heavy (non-hydrogen) atoms. The van der Waals surface area contributed by atoms with Crippen LogP contribution < -0.4 is 0 Å². The summed E-state index contributed by atoms with van der Waals surface area (Å²) < 4.78 is 36.5. The molecule has 1 aliphatic rings. The summed E-state index contributed by atoms with van der Waals surface area (Å²) >= 11 is 0. The minimum absolute atomic E-state index is 0.166. The first-order chi connectivity index (χ1) is 4.18. The van der Waals surface area contributed by atoms with Crippen molar-refractivity contribution in [3.05, 3.63) is 6.42 Å². The van der Waals surface area contributed by atoms with E-state index in [-0.39, 0.29) is 12.8 Å². The lowest BCUT2D eigenvalue weighted by molar-refractivity contribution is 0.139. The van der Waals surface area contributed by atoms with Crippen molar-refractivity contribution in [1.82, 2.24) is 0 Å². The molecule has 53 valence electrons. The Bertz CT molecular complexity index is 69.3. The van der Waals surface area contributed by atoms with Crippen molar-refractivity contribution < 1.29 is 13.2 Å². The summed E-state index contributed by atoms with van der Waals surface area (Å²) in [5, 5.41) is 0. The van der Waals surface area contributed by atoms with Crippen molar-refractivity contribution in [1.29, 1.82) is 0 Å². The van der Waals surface area contributed by atoms with Gasteiger partial charge < -0.3 is 0 Å². The van der Waals surface area contributed by atoms with E-state index in [2.05, 4.69) is 0 Å². The molecule has 1 radical (unpaired) electrons. The number of halogens is 3. The average molecular weight is 137 g/mol. The molecule has 0 saturated heterocycles. The summed E-state index contributed by atoms with van der Waals surface area (Å²) in [6.07, 6.45) is -3.48. The summed E-state index contributed by atoms with van der Waals surface area (Å²) in [4.78, 5) is 0. The van der Waals surface area contributed by atoms with E-state index in [1.54, 1.807) is 0 Å². The molecular formula is C6H8F3. The standard InChI is InChI=1S/C6H8F3/c7-4-1-5(8)3-6(9)2-4/h1,4-6H,2-3H2. The lowest BCUT2D eigenvalue weighted by atomic mass is 9.96. The molecule has 0 aromatic rings. The van der Waals surface area contributed by atoms with Gasteiger partial charge in [-0.25, -0.2) is 13.2 Å². The molecule has 0 amide bonds. The lowest BCUT2D eigenvalue weighted by Crippen LogP contribution is -2.26. The molecule has 3 heteroatoms. The Morgan fingerprint density at radius 1 is 1.00 bits per heavy atom. The molecule has 0 nitrogen and oxygen atoms in total. The highest BCUT2D eigenvalue weighted by Crippen LogP contribution is 2.24. The normalized spacial score (nSPS) is 45.0. The zero-order valence-corrected chi connectivity index (χ0v) is 4.86.